The highest BCUT2D eigenvalue weighted by atomic mass is 16.3. The van der Waals surface area contributed by atoms with Gasteiger partial charge in [0.25, 0.3) is 11.8 Å². The van der Waals surface area contributed by atoms with Crippen LogP contribution in [0.4, 0.5) is 0 Å². The number of amides is 2. The zero-order valence-electron chi connectivity index (χ0n) is 15.2. The SMILES string of the molecule is O=C(c1n[nH]c2c1CN(C(=O)c1cccn3cncc13)CC2)N1CC[C@H](O)C1. The Balaban J connectivity index is 1.42. The van der Waals surface area contributed by atoms with Crippen LogP contribution in [0.25, 0.3) is 5.52 Å². The Labute approximate surface area is 160 Å². The van der Waals surface area contributed by atoms with Crippen molar-refractivity contribution in [3.63, 3.8) is 0 Å². The molecular weight excluding hydrogens is 360 g/mol. The smallest absolute Gasteiger partial charge is 0.274 e. The van der Waals surface area contributed by atoms with Gasteiger partial charge in [-0.25, -0.2) is 4.98 Å². The molecule has 0 bridgehead atoms. The molecule has 0 aliphatic carbocycles. The van der Waals surface area contributed by atoms with E-state index in [1.165, 1.54) is 0 Å². The number of carbonyl (C=O) groups is 2. The first-order valence-electron chi connectivity index (χ1n) is 9.35. The predicted molar refractivity (Wildman–Crippen MR) is 98.8 cm³/mol. The van der Waals surface area contributed by atoms with E-state index in [1.807, 2.05) is 16.7 Å². The highest BCUT2D eigenvalue weighted by Crippen LogP contribution is 2.25. The van der Waals surface area contributed by atoms with Crippen LogP contribution in [0, 0.1) is 0 Å². The fraction of sp³-hybridized carbons (Fsp3) is 0.368. The molecule has 0 radical (unpaired) electrons. The van der Waals surface area contributed by atoms with Crippen molar-refractivity contribution in [1.82, 2.24) is 29.4 Å². The van der Waals surface area contributed by atoms with Crippen LogP contribution in [-0.2, 0) is 13.0 Å². The number of fused-ring (bicyclic) bond motifs is 2. The van der Waals surface area contributed by atoms with Crippen molar-refractivity contribution >= 4 is 17.3 Å². The average molecular weight is 380 g/mol. The van der Waals surface area contributed by atoms with Crippen LogP contribution >= 0.6 is 0 Å². The normalized spacial score (nSPS) is 19.2. The average Bonchev–Trinajstić information content (AvgIpc) is 3.45. The number of β-amino-alcohol motifs (C(OH)–C–C–N with tert-alkyl or cyclic N) is 1. The summed E-state index contributed by atoms with van der Waals surface area (Å²) in [4.78, 5) is 33.5. The second-order valence-electron chi connectivity index (χ2n) is 7.31. The number of aliphatic hydroxyl groups excluding tert-OH is 1. The maximum absolute atomic E-state index is 13.1. The van der Waals surface area contributed by atoms with Crippen LogP contribution in [0.15, 0.2) is 30.9 Å². The number of imidazole rings is 1. The number of likely N-dealkylation sites (tertiary alicyclic amines) is 1. The van der Waals surface area contributed by atoms with Crippen LogP contribution in [-0.4, -0.2) is 72.0 Å². The fourth-order valence-corrected chi connectivity index (χ4v) is 4.02. The molecule has 5 rings (SSSR count). The lowest BCUT2D eigenvalue weighted by Gasteiger charge is -2.27. The molecular formula is C19H20N6O3. The third-order valence-electron chi connectivity index (χ3n) is 5.56. The number of nitrogens with zero attached hydrogens (tertiary/aromatic N) is 5. The molecule has 9 nitrogen and oxygen atoms in total. The van der Waals surface area contributed by atoms with E-state index in [0.29, 0.717) is 50.3 Å². The van der Waals surface area contributed by atoms with Gasteiger partial charge >= 0.3 is 0 Å². The van der Waals surface area contributed by atoms with Crippen molar-refractivity contribution in [2.45, 2.75) is 25.5 Å². The van der Waals surface area contributed by atoms with Gasteiger partial charge in [-0.15, -0.1) is 0 Å². The fourth-order valence-electron chi connectivity index (χ4n) is 4.02. The molecule has 0 unspecified atom stereocenters. The van der Waals surface area contributed by atoms with Gasteiger partial charge in [0.05, 0.1) is 36.3 Å². The van der Waals surface area contributed by atoms with Crippen molar-refractivity contribution in [2.24, 2.45) is 0 Å². The van der Waals surface area contributed by atoms with Gasteiger partial charge in [0.2, 0.25) is 0 Å². The van der Waals surface area contributed by atoms with Gasteiger partial charge in [-0.1, -0.05) is 0 Å². The molecule has 1 saturated heterocycles. The molecule has 3 aromatic rings. The third-order valence-corrected chi connectivity index (χ3v) is 5.56. The number of carbonyl (C=O) groups excluding carboxylic acids is 2. The van der Waals surface area contributed by atoms with Crippen LogP contribution in [0.1, 0.15) is 38.5 Å². The van der Waals surface area contributed by atoms with E-state index in [2.05, 4.69) is 15.2 Å². The summed E-state index contributed by atoms with van der Waals surface area (Å²) in [6.45, 7) is 1.73. The summed E-state index contributed by atoms with van der Waals surface area (Å²) >= 11 is 0. The summed E-state index contributed by atoms with van der Waals surface area (Å²) in [6.07, 6.45) is 5.91. The summed E-state index contributed by atoms with van der Waals surface area (Å²) in [5.41, 5.74) is 3.36. The number of rotatable bonds is 2. The number of hydrogen-bond acceptors (Lipinski definition) is 5. The number of H-pyrrole nitrogens is 1. The van der Waals surface area contributed by atoms with Gasteiger partial charge in [0.1, 0.15) is 0 Å². The predicted octanol–water partition coefficient (Wildman–Crippen LogP) is 0.463. The van der Waals surface area contributed by atoms with E-state index in [0.717, 1.165) is 16.8 Å². The van der Waals surface area contributed by atoms with E-state index in [9.17, 15) is 14.7 Å². The minimum absolute atomic E-state index is 0.0899. The molecule has 28 heavy (non-hydrogen) atoms. The van der Waals surface area contributed by atoms with Crippen LogP contribution < -0.4 is 0 Å². The molecule has 0 saturated carbocycles. The number of aliphatic hydroxyl groups is 1. The van der Waals surface area contributed by atoms with Gasteiger partial charge in [-0.2, -0.15) is 5.10 Å². The summed E-state index contributed by atoms with van der Waals surface area (Å²) in [5, 5.41) is 16.9. The van der Waals surface area contributed by atoms with Crippen molar-refractivity contribution in [3.8, 4) is 0 Å². The zero-order valence-corrected chi connectivity index (χ0v) is 15.2. The van der Waals surface area contributed by atoms with Gasteiger partial charge < -0.3 is 19.3 Å². The Morgan fingerprint density at radius 1 is 1.21 bits per heavy atom. The molecule has 3 aromatic heterocycles. The van der Waals surface area contributed by atoms with Crippen LogP contribution in [0.5, 0.6) is 0 Å². The second-order valence-corrected chi connectivity index (χ2v) is 7.31. The molecule has 5 heterocycles. The van der Waals surface area contributed by atoms with Gasteiger partial charge in [0, 0.05) is 43.5 Å². The maximum atomic E-state index is 13.1. The lowest BCUT2D eigenvalue weighted by Crippen LogP contribution is -2.37. The summed E-state index contributed by atoms with van der Waals surface area (Å²) in [7, 11) is 0. The first kappa shape index (κ1) is 16.9. The Kier molecular flexibility index (Phi) is 3.90. The Hall–Kier alpha value is -3.20. The van der Waals surface area contributed by atoms with Crippen molar-refractivity contribution in [2.75, 3.05) is 19.6 Å². The minimum atomic E-state index is -0.479. The van der Waals surface area contributed by atoms with Crippen LogP contribution in [0.2, 0.25) is 0 Å². The minimum Gasteiger partial charge on any atom is -0.391 e. The van der Waals surface area contributed by atoms with Gasteiger partial charge in [-0.3, -0.25) is 14.7 Å². The van der Waals surface area contributed by atoms with E-state index in [-0.39, 0.29) is 11.8 Å². The lowest BCUT2D eigenvalue weighted by atomic mass is 10.0. The molecule has 1 fully saturated rings. The maximum Gasteiger partial charge on any atom is 0.274 e. The molecule has 2 aliphatic heterocycles. The molecule has 2 N–H and O–H groups in total. The van der Waals surface area contributed by atoms with Crippen LogP contribution in [0.3, 0.4) is 0 Å². The second kappa shape index (κ2) is 6.45. The molecule has 2 amide bonds. The summed E-state index contributed by atoms with van der Waals surface area (Å²) in [6, 6.07) is 3.62. The Bertz CT molecular complexity index is 1070. The Morgan fingerprint density at radius 3 is 2.93 bits per heavy atom. The molecule has 0 spiro atoms. The molecule has 144 valence electrons. The molecule has 2 aliphatic rings. The standard InChI is InChI=1S/C19H20N6O3/c26-12-3-6-23(9-12)19(28)17-14-10-24(7-4-15(14)21-22-17)18(27)13-2-1-5-25-11-20-8-16(13)25/h1-2,5,8,11-12,26H,3-4,6-7,9-10H2,(H,21,22)/t12-/m0/s1. The third kappa shape index (κ3) is 2.66. The first-order chi connectivity index (χ1) is 13.6. The Morgan fingerprint density at radius 2 is 2.11 bits per heavy atom. The van der Waals surface area contributed by atoms with E-state index in [4.69, 9.17) is 0 Å². The number of aromatic nitrogens is 4. The van der Waals surface area contributed by atoms with Crippen molar-refractivity contribution in [1.29, 1.82) is 0 Å². The summed E-state index contributed by atoms with van der Waals surface area (Å²) in [5.74, 6) is -0.283. The first-order valence-corrected chi connectivity index (χ1v) is 9.35. The monoisotopic (exact) mass is 380 g/mol. The van der Waals surface area contributed by atoms with E-state index in [1.54, 1.807) is 28.4 Å². The highest BCUT2D eigenvalue weighted by Gasteiger charge is 2.33. The lowest BCUT2D eigenvalue weighted by molar-refractivity contribution is 0.0718. The van der Waals surface area contributed by atoms with Crippen molar-refractivity contribution < 1.29 is 14.7 Å². The highest BCUT2D eigenvalue weighted by molar-refractivity contribution is 6.01. The number of pyridine rings is 1. The zero-order chi connectivity index (χ0) is 19.3. The van der Waals surface area contributed by atoms with Gasteiger partial charge in [-0.05, 0) is 18.6 Å². The quantitative estimate of drug-likeness (QED) is 0.672. The largest absolute Gasteiger partial charge is 0.391 e. The number of aromatic amines is 1. The number of hydrogen-bond donors (Lipinski definition) is 2. The number of nitrogens with one attached hydrogen (secondary N) is 1. The van der Waals surface area contributed by atoms with Crippen molar-refractivity contribution in [3.05, 3.63) is 53.4 Å². The summed E-state index contributed by atoms with van der Waals surface area (Å²) < 4.78 is 1.81. The molecule has 0 aromatic carbocycles. The molecule has 9 heteroatoms. The molecule has 1 atom stereocenters. The van der Waals surface area contributed by atoms with Gasteiger partial charge in [0.15, 0.2) is 5.69 Å². The van der Waals surface area contributed by atoms with E-state index >= 15 is 0 Å². The van der Waals surface area contributed by atoms with E-state index < -0.39 is 6.10 Å². The topological polar surface area (TPSA) is 107 Å².